The Hall–Kier alpha value is -0.870. The Morgan fingerprint density at radius 1 is 1.43 bits per heavy atom. The summed E-state index contributed by atoms with van der Waals surface area (Å²) in [5, 5.41) is 9.15. The minimum absolute atomic E-state index is 0.302. The van der Waals surface area contributed by atoms with Crippen LogP contribution in [0.4, 0.5) is 0 Å². The molecule has 0 fully saturated rings. The molecule has 0 saturated carbocycles. The number of hydrogen-bond donors (Lipinski definition) is 1. The summed E-state index contributed by atoms with van der Waals surface area (Å²) in [6.07, 6.45) is 1.20. The van der Waals surface area contributed by atoms with E-state index in [9.17, 15) is 8.42 Å². The number of sulfone groups is 1. The zero-order valence-corrected chi connectivity index (χ0v) is 9.08. The van der Waals surface area contributed by atoms with Gasteiger partial charge in [-0.05, 0) is 31.0 Å². The first-order valence-corrected chi connectivity index (χ1v) is 6.26. The molecule has 1 N–H and O–H groups in total. The molecule has 1 rings (SSSR count). The maximum Gasteiger partial charge on any atom is 0.175 e. The van der Waals surface area contributed by atoms with E-state index in [0.717, 1.165) is 5.56 Å². The van der Waals surface area contributed by atoms with E-state index in [1.165, 1.54) is 6.26 Å². The molecular formula is C10H14O3S. The zero-order chi connectivity index (χ0) is 10.8. The fourth-order valence-corrected chi connectivity index (χ4v) is 1.94. The standard InChI is InChI=1S/C10H14O3S/c1-8(11)6-9-4-3-5-10(7-9)14(2,12)13/h3-5,7-8,11H,6H2,1-2H3/t8-/m0/s1. The van der Waals surface area contributed by atoms with Crippen LogP contribution >= 0.6 is 0 Å². The van der Waals surface area contributed by atoms with Crippen molar-refractivity contribution in [1.82, 2.24) is 0 Å². The van der Waals surface area contributed by atoms with Gasteiger partial charge in [0.2, 0.25) is 0 Å². The van der Waals surface area contributed by atoms with Gasteiger partial charge in [-0.2, -0.15) is 0 Å². The Morgan fingerprint density at radius 2 is 2.07 bits per heavy atom. The first kappa shape index (κ1) is 11.2. The fourth-order valence-electron chi connectivity index (χ4n) is 1.24. The Kier molecular flexibility index (Phi) is 3.29. The average molecular weight is 214 g/mol. The van der Waals surface area contributed by atoms with Crippen molar-refractivity contribution in [3.63, 3.8) is 0 Å². The van der Waals surface area contributed by atoms with Gasteiger partial charge in [0.25, 0.3) is 0 Å². The molecule has 1 atom stereocenters. The van der Waals surface area contributed by atoms with Crippen LogP contribution in [-0.4, -0.2) is 25.9 Å². The van der Waals surface area contributed by atoms with E-state index < -0.39 is 15.9 Å². The Bertz CT molecular complexity index is 407. The van der Waals surface area contributed by atoms with Gasteiger partial charge in [-0.15, -0.1) is 0 Å². The Labute approximate surface area is 84.3 Å². The van der Waals surface area contributed by atoms with E-state index in [1.807, 2.05) is 0 Å². The number of aliphatic hydroxyl groups is 1. The van der Waals surface area contributed by atoms with E-state index in [-0.39, 0.29) is 0 Å². The van der Waals surface area contributed by atoms with Crippen LogP contribution in [0.3, 0.4) is 0 Å². The lowest BCUT2D eigenvalue weighted by Crippen LogP contribution is -2.05. The first-order valence-electron chi connectivity index (χ1n) is 4.36. The maximum atomic E-state index is 11.2. The highest BCUT2D eigenvalue weighted by molar-refractivity contribution is 7.90. The van der Waals surface area contributed by atoms with Gasteiger partial charge in [0.05, 0.1) is 11.0 Å². The van der Waals surface area contributed by atoms with Crippen molar-refractivity contribution < 1.29 is 13.5 Å². The van der Waals surface area contributed by atoms with Crippen LogP contribution in [-0.2, 0) is 16.3 Å². The van der Waals surface area contributed by atoms with Gasteiger partial charge in [0.1, 0.15) is 0 Å². The van der Waals surface area contributed by atoms with Crippen LogP contribution in [0.15, 0.2) is 29.2 Å². The predicted molar refractivity (Wildman–Crippen MR) is 54.9 cm³/mol. The third-order valence-corrected chi connectivity index (χ3v) is 2.97. The van der Waals surface area contributed by atoms with Crippen LogP contribution in [0.5, 0.6) is 0 Å². The van der Waals surface area contributed by atoms with Crippen LogP contribution in [0.1, 0.15) is 12.5 Å². The molecule has 4 heteroatoms. The first-order chi connectivity index (χ1) is 6.39. The van der Waals surface area contributed by atoms with E-state index in [1.54, 1.807) is 31.2 Å². The van der Waals surface area contributed by atoms with E-state index >= 15 is 0 Å². The van der Waals surface area contributed by atoms with Crippen molar-refractivity contribution in [1.29, 1.82) is 0 Å². The second-order valence-electron chi connectivity index (χ2n) is 3.47. The van der Waals surface area contributed by atoms with Gasteiger partial charge >= 0.3 is 0 Å². The summed E-state index contributed by atoms with van der Waals surface area (Å²) in [4.78, 5) is 0.302. The minimum atomic E-state index is -3.14. The third kappa shape index (κ3) is 3.12. The van der Waals surface area contributed by atoms with Crippen molar-refractivity contribution in [3.8, 4) is 0 Å². The number of benzene rings is 1. The lowest BCUT2D eigenvalue weighted by atomic mass is 10.1. The molecule has 14 heavy (non-hydrogen) atoms. The summed E-state index contributed by atoms with van der Waals surface area (Å²) in [6.45, 7) is 1.67. The minimum Gasteiger partial charge on any atom is -0.393 e. The molecule has 0 aromatic heterocycles. The quantitative estimate of drug-likeness (QED) is 0.817. The molecule has 0 radical (unpaired) electrons. The van der Waals surface area contributed by atoms with E-state index in [4.69, 9.17) is 5.11 Å². The molecule has 1 aromatic carbocycles. The van der Waals surface area contributed by atoms with Crippen molar-refractivity contribution in [2.45, 2.75) is 24.3 Å². The lowest BCUT2D eigenvalue weighted by molar-refractivity contribution is 0.195. The van der Waals surface area contributed by atoms with E-state index in [0.29, 0.717) is 11.3 Å². The van der Waals surface area contributed by atoms with Crippen LogP contribution in [0.2, 0.25) is 0 Å². The molecule has 0 aliphatic rings. The molecule has 0 aliphatic carbocycles. The van der Waals surface area contributed by atoms with Crippen molar-refractivity contribution in [3.05, 3.63) is 29.8 Å². The molecule has 1 aromatic rings. The van der Waals surface area contributed by atoms with Crippen LogP contribution in [0, 0.1) is 0 Å². The van der Waals surface area contributed by atoms with Crippen LogP contribution in [0.25, 0.3) is 0 Å². The number of aliphatic hydroxyl groups excluding tert-OH is 1. The number of rotatable bonds is 3. The fraction of sp³-hybridized carbons (Fsp3) is 0.400. The Balaban J connectivity index is 3.02. The monoisotopic (exact) mass is 214 g/mol. The van der Waals surface area contributed by atoms with Gasteiger partial charge in [-0.3, -0.25) is 0 Å². The highest BCUT2D eigenvalue weighted by atomic mass is 32.2. The molecule has 0 heterocycles. The predicted octanol–water partition coefficient (Wildman–Crippen LogP) is 1.01. The lowest BCUT2D eigenvalue weighted by Gasteiger charge is -2.05. The summed E-state index contributed by atoms with van der Waals surface area (Å²) in [6, 6.07) is 6.65. The molecule has 0 unspecified atom stereocenters. The largest absolute Gasteiger partial charge is 0.393 e. The molecule has 0 aliphatic heterocycles. The summed E-state index contributed by atoms with van der Waals surface area (Å²) in [5.41, 5.74) is 0.836. The van der Waals surface area contributed by atoms with Crippen molar-refractivity contribution >= 4 is 9.84 Å². The summed E-state index contributed by atoms with van der Waals surface area (Å²) in [5.74, 6) is 0. The molecule has 0 spiro atoms. The normalized spacial score (nSPS) is 13.9. The SMILES string of the molecule is C[C@H](O)Cc1cccc(S(C)(=O)=O)c1. The summed E-state index contributed by atoms with van der Waals surface area (Å²) >= 11 is 0. The van der Waals surface area contributed by atoms with Crippen LogP contribution < -0.4 is 0 Å². The van der Waals surface area contributed by atoms with Gasteiger partial charge in [0.15, 0.2) is 9.84 Å². The smallest absolute Gasteiger partial charge is 0.175 e. The maximum absolute atomic E-state index is 11.2. The highest BCUT2D eigenvalue weighted by Gasteiger charge is 2.07. The zero-order valence-electron chi connectivity index (χ0n) is 8.27. The molecule has 78 valence electrons. The van der Waals surface area contributed by atoms with Crippen molar-refractivity contribution in [2.75, 3.05) is 6.26 Å². The molecule has 3 nitrogen and oxygen atoms in total. The summed E-state index contributed by atoms with van der Waals surface area (Å²) in [7, 11) is -3.14. The molecule has 0 amide bonds. The highest BCUT2D eigenvalue weighted by Crippen LogP contribution is 2.12. The molecule has 0 saturated heterocycles. The topological polar surface area (TPSA) is 54.4 Å². The number of hydrogen-bond acceptors (Lipinski definition) is 3. The molecule has 0 bridgehead atoms. The summed E-state index contributed by atoms with van der Waals surface area (Å²) < 4.78 is 22.4. The van der Waals surface area contributed by atoms with E-state index in [2.05, 4.69) is 0 Å². The van der Waals surface area contributed by atoms with Gasteiger partial charge in [0, 0.05) is 6.26 Å². The second kappa shape index (κ2) is 4.11. The van der Waals surface area contributed by atoms with Gasteiger partial charge < -0.3 is 5.11 Å². The average Bonchev–Trinajstić information content (AvgIpc) is 2.01. The van der Waals surface area contributed by atoms with Gasteiger partial charge in [-0.25, -0.2) is 8.42 Å². The Morgan fingerprint density at radius 3 is 2.57 bits per heavy atom. The second-order valence-corrected chi connectivity index (χ2v) is 5.49. The van der Waals surface area contributed by atoms with Gasteiger partial charge in [-0.1, -0.05) is 12.1 Å². The van der Waals surface area contributed by atoms with Crippen molar-refractivity contribution in [2.24, 2.45) is 0 Å². The third-order valence-electron chi connectivity index (χ3n) is 1.86. The molecular weight excluding hydrogens is 200 g/mol.